The third kappa shape index (κ3) is 4.16. The lowest BCUT2D eigenvalue weighted by Crippen LogP contribution is -2.40. The minimum Gasteiger partial charge on any atom is -0.478 e. The van der Waals surface area contributed by atoms with Gasteiger partial charge >= 0.3 is 5.97 Å². The molecule has 0 radical (unpaired) electrons. The van der Waals surface area contributed by atoms with Crippen LogP contribution in [0.5, 0.6) is 0 Å². The van der Waals surface area contributed by atoms with Crippen LogP contribution in [0.2, 0.25) is 5.02 Å². The van der Waals surface area contributed by atoms with Gasteiger partial charge in [0.25, 0.3) is 10.9 Å². The zero-order valence-corrected chi connectivity index (χ0v) is 23.0. The highest BCUT2D eigenvalue weighted by molar-refractivity contribution is 9.10. The highest BCUT2D eigenvalue weighted by Gasteiger charge is 2.59. The molecule has 6 rings (SSSR count). The lowest BCUT2D eigenvalue weighted by molar-refractivity contribution is 0.0697. The molecule has 0 saturated carbocycles. The molecule has 2 aromatic heterocycles. The number of H-pyrrole nitrogens is 1. The van der Waals surface area contributed by atoms with Crippen molar-refractivity contribution in [2.45, 2.75) is 22.7 Å². The molecule has 1 aliphatic rings. The van der Waals surface area contributed by atoms with Crippen LogP contribution in [-0.2, 0) is 27.7 Å². The summed E-state index contributed by atoms with van der Waals surface area (Å²) in [6, 6.07) is 16.7. The number of carboxylic acids is 1. The van der Waals surface area contributed by atoms with E-state index in [-0.39, 0.29) is 29.2 Å². The first-order valence-corrected chi connectivity index (χ1v) is 14.4. The second kappa shape index (κ2) is 9.29. The molecular formula is C27H18BrClFN3O5S. The maximum absolute atomic E-state index is 17.5. The largest absolute Gasteiger partial charge is 0.478 e. The minimum atomic E-state index is -4.71. The Morgan fingerprint density at radius 2 is 1.87 bits per heavy atom. The average molecular weight is 631 g/mol. The van der Waals surface area contributed by atoms with Crippen molar-refractivity contribution in [1.82, 2.24) is 15.2 Å². The third-order valence-corrected chi connectivity index (χ3v) is 9.87. The number of aromatic carboxylic acids is 1. The Hall–Kier alpha value is -3.54. The number of halogens is 3. The van der Waals surface area contributed by atoms with Crippen molar-refractivity contribution in [3.63, 3.8) is 0 Å². The molecule has 0 fully saturated rings. The van der Waals surface area contributed by atoms with E-state index in [4.69, 9.17) is 21.1 Å². The fourth-order valence-corrected chi connectivity index (χ4v) is 7.58. The Bertz CT molecular complexity index is 1870. The number of hydrogen-bond acceptors (Lipinski definition) is 6. The number of aromatic nitrogens is 3. The zero-order chi connectivity index (χ0) is 27.5. The molecule has 2 atom stereocenters. The summed E-state index contributed by atoms with van der Waals surface area (Å²) >= 11 is 9.47. The number of hydrogen-bond donors (Lipinski definition) is 2. The number of sulfone groups is 1. The van der Waals surface area contributed by atoms with Gasteiger partial charge in [0.2, 0.25) is 15.7 Å². The summed E-state index contributed by atoms with van der Waals surface area (Å²) in [6.07, 6.45) is 0.167. The summed E-state index contributed by atoms with van der Waals surface area (Å²) < 4.78 is 51.8. The predicted octanol–water partition coefficient (Wildman–Crippen LogP) is 6.34. The van der Waals surface area contributed by atoms with E-state index in [0.717, 1.165) is 16.5 Å². The van der Waals surface area contributed by atoms with Crippen LogP contribution in [0.15, 0.2) is 80.5 Å². The Morgan fingerprint density at radius 1 is 1.10 bits per heavy atom. The molecule has 198 valence electrons. The summed E-state index contributed by atoms with van der Waals surface area (Å²) in [5.41, 5.74) is 2.68. The van der Waals surface area contributed by atoms with Gasteiger partial charge in [0.1, 0.15) is 0 Å². The van der Waals surface area contributed by atoms with E-state index in [1.165, 1.54) is 42.5 Å². The van der Waals surface area contributed by atoms with Crippen molar-refractivity contribution in [2.24, 2.45) is 5.92 Å². The highest BCUT2D eigenvalue weighted by atomic mass is 79.9. The van der Waals surface area contributed by atoms with Gasteiger partial charge in [-0.05, 0) is 79.1 Å². The van der Waals surface area contributed by atoms with Crippen molar-refractivity contribution in [1.29, 1.82) is 0 Å². The van der Waals surface area contributed by atoms with Crippen LogP contribution in [0.25, 0.3) is 22.4 Å². The van der Waals surface area contributed by atoms with Crippen LogP contribution in [0.1, 0.15) is 27.5 Å². The average Bonchev–Trinajstić information content (AvgIpc) is 3.64. The van der Waals surface area contributed by atoms with Gasteiger partial charge in [-0.25, -0.2) is 17.6 Å². The number of carboxylic acid groups (broad SMARTS) is 1. The van der Waals surface area contributed by atoms with Crippen molar-refractivity contribution < 1.29 is 27.1 Å². The van der Waals surface area contributed by atoms with Gasteiger partial charge in [0.05, 0.1) is 10.5 Å². The summed E-state index contributed by atoms with van der Waals surface area (Å²) in [5.74, 6) is -3.04. The van der Waals surface area contributed by atoms with Crippen molar-refractivity contribution >= 4 is 54.2 Å². The van der Waals surface area contributed by atoms with E-state index in [2.05, 4.69) is 31.1 Å². The monoisotopic (exact) mass is 629 g/mol. The van der Waals surface area contributed by atoms with Gasteiger partial charge in [-0.15, -0.1) is 10.2 Å². The Morgan fingerprint density at radius 3 is 2.59 bits per heavy atom. The maximum atomic E-state index is 17.5. The number of alkyl halides is 1. The minimum absolute atomic E-state index is 0.0370. The molecule has 2 heterocycles. The smallest absolute Gasteiger partial charge is 0.335 e. The standard InChI is InChI=1S/C27H18BrClFN3O5S/c28-17-2-1-3-19(12-17)39(36,37)27(30,16-10-20-21-13-18(29)8-9-22(21)31-23(20)11-16)26-33-32-24(38-26)14-4-6-15(7-5-14)25(34)35/h1-9,12-13,16,31H,10-11H2,(H,34,35)/t16-,27?/m1/s1. The van der Waals surface area contributed by atoms with E-state index in [1.54, 1.807) is 18.2 Å². The van der Waals surface area contributed by atoms with E-state index < -0.39 is 32.6 Å². The first-order valence-electron chi connectivity index (χ1n) is 11.7. The van der Waals surface area contributed by atoms with Crippen LogP contribution in [0.3, 0.4) is 0 Å². The second-order valence-corrected chi connectivity index (χ2v) is 12.7. The SMILES string of the molecule is O=C(O)c1ccc(-c2nnc(C(F)([C@H]3Cc4[nH]c5ccc(Cl)cc5c4C3)S(=O)(=O)c3cccc(Br)c3)o2)cc1. The molecule has 8 nitrogen and oxygen atoms in total. The van der Waals surface area contributed by atoms with Gasteiger partial charge in [0.15, 0.2) is 0 Å². The molecular weight excluding hydrogens is 613 g/mol. The molecule has 0 saturated heterocycles. The van der Waals surface area contributed by atoms with Crippen LogP contribution < -0.4 is 0 Å². The topological polar surface area (TPSA) is 126 Å². The first-order chi connectivity index (χ1) is 18.6. The normalized spacial score (nSPS) is 16.7. The van der Waals surface area contributed by atoms with Crippen molar-refractivity contribution in [3.05, 3.63) is 98.9 Å². The summed E-state index contributed by atoms with van der Waals surface area (Å²) in [7, 11) is -4.71. The second-order valence-electron chi connectivity index (χ2n) is 9.28. The first kappa shape index (κ1) is 25.7. The number of benzene rings is 3. The van der Waals surface area contributed by atoms with Gasteiger partial charge in [-0.3, -0.25) is 0 Å². The molecule has 12 heteroatoms. The van der Waals surface area contributed by atoms with Crippen molar-refractivity contribution in [3.8, 4) is 11.5 Å². The van der Waals surface area contributed by atoms with Gasteiger partial charge in [-0.2, -0.15) is 0 Å². The van der Waals surface area contributed by atoms with E-state index in [9.17, 15) is 13.2 Å². The van der Waals surface area contributed by atoms with Crippen molar-refractivity contribution in [2.75, 3.05) is 0 Å². The zero-order valence-electron chi connectivity index (χ0n) is 19.9. The highest BCUT2D eigenvalue weighted by Crippen LogP contribution is 2.50. The van der Waals surface area contributed by atoms with Gasteiger partial charge < -0.3 is 14.5 Å². The van der Waals surface area contributed by atoms with Crippen LogP contribution in [0.4, 0.5) is 4.39 Å². The number of nitrogens with one attached hydrogen (secondary N) is 1. The van der Waals surface area contributed by atoms with Crippen LogP contribution >= 0.6 is 27.5 Å². The molecule has 2 N–H and O–H groups in total. The lowest BCUT2D eigenvalue weighted by Gasteiger charge is -2.28. The molecule has 39 heavy (non-hydrogen) atoms. The van der Waals surface area contributed by atoms with E-state index in [1.807, 2.05) is 6.07 Å². The number of aromatic amines is 1. The number of carbonyl (C=O) groups is 1. The van der Waals surface area contributed by atoms with Gasteiger partial charge in [-0.1, -0.05) is 33.6 Å². The molecule has 5 aromatic rings. The number of fused-ring (bicyclic) bond motifs is 3. The van der Waals surface area contributed by atoms with Gasteiger partial charge in [0, 0.05) is 37.6 Å². The fourth-order valence-electron chi connectivity index (χ4n) is 5.06. The molecule has 0 bridgehead atoms. The molecule has 0 spiro atoms. The Balaban J connectivity index is 1.47. The quantitative estimate of drug-likeness (QED) is 0.224. The molecule has 0 aliphatic heterocycles. The Labute approximate surface area is 234 Å². The maximum Gasteiger partial charge on any atom is 0.335 e. The number of nitrogens with zero attached hydrogens (tertiary/aromatic N) is 2. The lowest BCUT2D eigenvalue weighted by atomic mass is 9.98. The van der Waals surface area contributed by atoms with E-state index in [0.29, 0.717) is 20.8 Å². The molecule has 0 amide bonds. The summed E-state index contributed by atoms with van der Waals surface area (Å²) in [6.45, 7) is 0. The third-order valence-electron chi connectivity index (χ3n) is 6.98. The number of rotatable bonds is 6. The fraction of sp³-hybridized carbons (Fsp3) is 0.148. The summed E-state index contributed by atoms with van der Waals surface area (Å²) in [5, 5.41) is 15.2. The Kier molecular flexibility index (Phi) is 6.12. The molecule has 3 aromatic carbocycles. The molecule has 1 unspecified atom stereocenters. The predicted molar refractivity (Wildman–Crippen MR) is 145 cm³/mol. The molecule has 1 aliphatic carbocycles. The van der Waals surface area contributed by atoms with Crippen LogP contribution in [-0.4, -0.2) is 34.7 Å². The summed E-state index contributed by atoms with van der Waals surface area (Å²) in [4.78, 5) is 14.2. The van der Waals surface area contributed by atoms with E-state index >= 15 is 4.39 Å². The van der Waals surface area contributed by atoms with Crippen LogP contribution in [0, 0.1) is 5.92 Å².